The molecule has 1 heterocycles. The minimum atomic E-state index is -0.577. The van der Waals surface area contributed by atoms with Crippen LogP contribution in [0.15, 0.2) is 48.7 Å². The monoisotopic (exact) mass is 367 g/mol. The highest BCUT2D eigenvalue weighted by Gasteiger charge is 2.23. The van der Waals surface area contributed by atoms with Crippen LogP contribution < -0.4 is 9.47 Å². The lowest BCUT2D eigenvalue weighted by atomic mass is 9.99. The molecule has 1 aliphatic carbocycles. The summed E-state index contributed by atoms with van der Waals surface area (Å²) in [5, 5.41) is 0. The van der Waals surface area contributed by atoms with Crippen LogP contribution in [-0.2, 0) is 4.74 Å². The molecule has 0 amide bonds. The van der Waals surface area contributed by atoms with E-state index >= 15 is 0 Å². The summed E-state index contributed by atoms with van der Waals surface area (Å²) >= 11 is 0. The van der Waals surface area contributed by atoms with E-state index in [9.17, 15) is 4.79 Å². The summed E-state index contributed by atoms with van der Waals surface area (Å²) in [4.78, 5) is 12.6. The van der Waals surface area contributed by atoms with Gasteiger partial charge in [0.1, 0.15) is 17.1 Å². The Hall–Kier alpha value is -2.95. The van der Waals surface area contributed by atoms with Crippen molar-refractivity contribution in [1.29, 1.82) is 0 Å². The van der Waals surface area contributed by atoms with E-state index in [1.165, 1.54) is 10.1 Å². The molecule has 1 aromatic heterocycles. The van der Waals surface area contributed by atoms with Gasteiger partial charge in [-0.1, -0.05) is 18.2 Å². The topological polar surface area (TPSA) is 49.7 Å². The molecule has 0 saturated carbocycles. The van der Waals surface area contributed by atoms with Gasteiger partial charge in [0.05, 0.1) is 19.9 Å². The Morgan fingerprint density at radius 3 is 2.33 bits per heavy atom. The quantitative estimate of drug-likeness (QED) is 0.736. The number of carbonyl (C=O) groups excluding carboxylic acids is 1. The number of rotatable bonds is 4. The fraction of sp³-hybridized carbons (Fsp3) is 0.318. The van der Waals surface area contributed by atoms with Gasteiger partial charge < -0.3 is 14.2 Å². The van der Waals surface area contributed by atoms with Crippen LogP contribution in [0.25, 0.3) is 16.8 Å². The first-order valence-corrected chi connectivity index (χ1v) is 8.87. The van der Waals surface area contributed by atoms with E-state index in [4.69, 9.17) is 14.2 Å². The maximum Gasteiger partial charge on any atom is 0.418 e. The molecule has 0 saturated heterocycles. The number of hydrogen-bond acceptors (Lipinski definition) is 4. The highest BCUT2D eigenvalue weighted by atomic mass is 16.6. The van der Waals surface area contributed by atoms with Gasteiger partial charge in [-0.2, -0.15) is 0 Å². The van der Waals surface area contributed by atoms with Gasteiger partial charge in [-0.05, 0) is 57.0 Å². The maximum atomic E-state index is 12.6. The molecule has 0 N–H and O–H groups in total. The molecule has 142 valence electrons. The summed E-state index contributed by atoms with van der Waals surface area (Å²) in [6, 6.07) is 7.53. The summed E-state index contributed by atoms with van der Waals surface area (Å²) in [6.07, 6.45) is 8.31. The van der Waals surface area contributed by atoms with Crippen molar-refractivity contribution in [3.05, 3.63) is 54.3 Å². The molecule has 0 unspecified atom stereocenters. The second-order valence-corrected chi connectivity index (χ2v) is 7.32. The molecule has 3 rings (SSSR count). The lowest BCUT2D eigenvalue weighted by molar-refractivity contribution is 0.0540. The molecule has 0 aliphatic heterocycles. The predicted octanol–water partition coefficient (Wildman–Crippen LogP) is 5.30. The second kappa shape index (κ2) is 7.35. The second-order valence-electron chi connectivity index (χ2n) is 7.32. The van der Waals surface area contributed by atoms with Crippen molar-refractivity contribution in [2.24, 2.45) is 0 Å². The Balaban J connectivity index is 2.08. The van der Waals surface area contributed by atoms with Gasteiger partial charge in [-0.25, -0.2) is 4.79 Å². The van der Waals surface area contributed by atoms with Crippen molar-refractivity contribution in [2.75, 3.05) is 14.2 Å². The smallest absolute Gasteiger partial charge is 0.418 e. The summed E-state index contributed by atoms with van der Waals surface area (Å²) in [6.45, 7) is 5.53. The van der Waals surface area contributed by atoms with Crippen molar-refractivity contribution >= 4 is 11.7 Å². The molecule has 0 bridgehead atoms. The molecular formula is C22H25NO4. The predicted molar refractivity (Wildman–Crippen MR) is 106 cm³/mol. The molecular weight excluding hydrogens is 342 g/mol. The minimum absolute atomic E-state index is 0.435. The lowest BCUT2D eigenvalue weighted by Crippen LogP contribution is -2.27. The fourth-order valence-corrected chi connectivity index (χ4v) is 3.07. The first-order valence-electron chi connectivity index (χ1n) is 8.87. The first-order chi connectivity index (χ1) is 12.8. The zero-order valence-corrected chi connectivity index (χ0v) is 16.4. The molecule has 1 aliphatic rings. The van der Waals surface area contributed by atoms with Crippen LogP contribution in [0, 0.1) is 0 Å². The van der Waals surface area contributed by atoms with Crippen molar-refractivity contribution in [1.82, 2.24) is 4.57 Å². The normalized spacial score (nSPS) is 13.4. The number of allylic oxidation sites excluding steroid dienone is 4. The largest absolute Gasteiger partial charge is 0.496 e. The van der Waals surface area contributed by atoms with Gasteiger partial charge in [0, 0.05) is 17.3 Å². The third-order valence-electron chi connectivity index (χ3n) is 4.25. The first kappa shape index (κ1) is 18.8. The number of nitrogens with zero attached hydrogens (tertiary/aromatic N) is 1. The van der Waals surface area contributed by atoms with Gasteiger partial charge in [0.15, 0.2) is 0 Å². The molecule has 0 spiro atoms. The number of ether oxygens (including phenoxy) is 3. The summed E-state index contributed by atoms with van der Waals surface area (Å²) < 4.78 is 18.3. The van der Waals surface area contributed by atoms with Crippen LogP contribution in [0.5, 0.6) is 11.5 Å². The van der Waals surface area contributed by atoms with E-state index in [0.717, 1.165) is 23.3 Å². The van der Waals surface area contributed by atoms with Crippen LogP contribution in [0.3, 0.4) is 0 Å². The Morgan fingerprint density at radius 1 is 1.07 bits per heavy atom. The molecule has 1 aromatic carbocycles. The van der Waals surface area contributed by atoms with E-state index in [1.807, 2.05) is 51.1 Å². The van der Waals surface area contributed by atoms with E-state index in [0.29, 0.717) is 11.4 Å². The van der Waals surface area contributed by atoms with E-state index < -0.39 is 11.7 Å². The minimum Gasteiger partial charge on any atom is -0.496 e. The SMILES string of the molecule is COc1cc(-c2cccn2C(=O)OC(C)(C)C)c(OC)cc1C1=CC=CC1. The maximum absolute atomic E-state index is 12.6. The highest BCUT2D eigenvalue weighted by molar-refractivity contribution is 5.84. The van der Waals surface area contributed by atoms with E-state index in [1.54, 1.807) is 20.4 Å². The Morgan fingerprint density at radius 2 is 1.74 bits per heavy atom. The number of hydrogen-bond donors (Lipinski definition) is 0. The Bertz CT molecular complexity index is 913. The van der Waals surface area contributed by atoms with Crippen LogP contribution >= 0.6 is 0 Å². The molecule has 0 atom stereocenters. The van der Waals surface area contributed by atoms with Gasteiger partial charge >= 0.3 is 6.09 Å². The van der Waals surface area contributed by atoms with Crippen molar-refractivity contribution in [2.45, 2.75) is 32.8 Å². The molecule has 0 radical (unpaired) electrons. The van der Waals surface area contributed by atoms with Crippen LogP contribution in [0.1, 0.15) is 32.8 Å². The van der Waals surface area contributed by atoms with Crippen molar-refractivity contribution < 1.29 is 19.0 Å². The number of methoxy groups -OCH3 is 2. The van der Waals surface area contributed by atoms with Gasteiger partial charge in [0.25, 0.3) is 0 Å². The molecule has 27 heavy (non-hydrogen) atoms. The average molecular weight is 367 g/mol. The molecule has 2 aromatic rings. The van der Waals surface area contributed by atoms with Crippen LogP contribution in [-0.4, -0.2) is 30.5 Å². The number of aromatic nitrogens is 1. The fourth-order valence-electron chi connectivity index (χ4n) is 3.07. The third-order valence-corrected chi connectivity index (χ3v) is 4.25. The third kappa shape index (κ3) is 3.92. The molecule has 0 fully saturated rings. The van der Waals surface area contributed by atoms with Gasteiger partial charge in [-0.3, -0.25) is 4.57 Å². The van der Waals surface area contributed by atoms with Crippen LogP contribution in [0.4, 0.5) is 4.79 Å². The zero-order valence-electron chi connectivity index (χ0n) is 16.4. The number of benzene rings is 1. The molecule has 5 nitrogen and oxygen atoms in total. The van der Waals surface area contributed by atoms with E-state index in [-0.39, 0.29) is 0 Å². The molecule has 5 heteroatoms. The van der Waals surface area contributed by atoms with Crippen LogP contribution in [0.2, 0.25) is 0 Å². The van der Waals surface area contributed by atoms with E-state index in [2.05, 4.69) is 12.2 Å². The van der Waals surface area contributed by atoms with Crippen molar-refractivity contribution in [3.8, 4) is 22.8 Å². The Kier molecular flexibility index (Phi) is 5.13. The zero-order chi connectivity index (χ0) is 19.6. The number of carbonyl (C=O) groups is 1. The van der Waals surface area contributed by atoms with Crippen molar-refractivity contribution in [3.63, 3.8) is 0 Å². The summed E-state index contributed by atoms with van der Waals surface area (Å²) in [5.74, 6) is 1.40. The van der Waals surface area contributed by atoms with Gasteiger partial charge in [0.2, 0.25) is 0 Å². The highest BCUT2D eigenvalue weighted by Crippen LogP contribution is 2.40. The lowest BCUT2D eigenvalue weighted by Gasteiger charge is -2.21. The average Bonchev–Trinajstić information content (AvgIpc) is 3.30. The van der Waals surface area contributed by atoms with Gasteiger partial charge in [-0.15, -0.1) is 0 Å². The summed E-state index contributed by atoms with van der Waals surface area (Å²) in [5.41, 5.74) is 3.02. The standard InChI is InChI=1S/C22H25NO4/c1-22(2,3)27-21(24)23-12-8-11-18(23)17-14-19(25-4)16(13-20(17)26-5)15-9-6-7-10-15/h6-9,11-14H,10H2,1-5H3. The summed E-state index contributed by atoms with van der Waals surface area (Å²) in [7, 11) is 3.27. The Labute approximate surface area is 159 Å².